The Kier molecular flexibility index (Phi) is 4.04. The molecule has 7 heteroatoms. The van der Waals surface area contributed by atoms with Crippen LogP contribution >= 0.6 is 0 Å². The summed E-state index contributed by atoms with van der Waals surface area (Å²) in [4.78, 5) is 16.0. The Morgan fingerprint density at radius 2 is 2.00 bits per heavy atom. The summed E-state index contributed by atoms with van der Waals surface area (Å²) in [7, 11) is -3.86. The van der Waals surface area contributed by atoms with Crippen LogP contribution in [0.3, 0.4) is 0 Å². The van der Waals surface area contributed by atoms with Gasteiger partial charge in [-0.3, -0.25) is 9.79 Å². The van der Waals surface area contributed by atoms with E-state index in [2.05, 4.69) is 11.6 Å². The fourth-order valence-corrected chi connectivity index (χ4v) is 2.35. The predicted molar refractivity (Wildman–Crippen MR) is 77.6 cm³/mol. The van der Waals surface area contributed by atoms with Crippen molar-refractivity contribution in [3.63, 3.8) is 0 Å². The molecule has 2 rings (SSSR count). The number of halogens is 1. The first-order valence-electron chi connectivity index (χ1n) is 6.03. The summed E-state index contributed by atoms with van der Waals surface area (Å²) in [5.41, 5.74) is 1.49. The lowest BCUT2D eigenvalue weighted by molar-refractivity contribution is -0.113. The molecule has 0 radical (unpaired) electrons. The second-order valence-electron chi connectivity index (χ2n) is 4.50. The number of benzene rings is 1. The molecule has 1 aliphatic heterocycles. The van der Waals surface area contributed by atoms with Crippen LogP contribution in [0.2, 0.25) is 0 Å². The van der Waals surface area contributed by atoms with E-state index in [0.29, 0.717) is 5.41 Å². The highest BCUT2D eigenvalue weighted by molar-refractivity contribution is 7.93. The van der Waals surface area contributed by atoms with Gasteiger partial charge in [0.25, 0.3) is 15.9 Å². The Balaban J connectivity index is 2.24. The van der Waals surface area contributed by atoms with Crippen molar-refractivity contribution in [3.05, 3.63) is 59.3 Å². The third-order valence-corrected chi connectivity index (χ3v) is 3.85. The molecule has 1 aliphatic rings. The van der Waals surface area contributed by atoms with E-state index in [-0.39, 0.29) is 11.5 Å². The molecule has 1 heterocycles. The highest BCUT2D eigenvalue weighted by atomic mass is 32.2. The monoisotopic (exact) mass is 308 g/mol. The lowest BCUT2D eigenvalue weighted by Gasteiger charge is -2.09. The number of nitrogens with one attached hydrogen (secondary N) is 1. The van der Waals surface area contributed by atoms with Crippen LogP contribution in [-0.2, 0) is 14.8 Å². The molecule has 0 fully saturated rings. The number of carbonyl (C=O) groups is 1. The molecule has 1 unspecified atom stereocenters. The maximum absolute atomic E-state index is 12.9. The number of nitrogens with zero attached hydrogens (tertiary/aromatic N) is 1. The molecule has 21 heavy (non-hydrogen) atoms. The number of amides is 1. The van der Waals surface area contributed by atoms with Gasteiger partial charge in [0.2, 0.25) is 0 Å². The van der Waals surface area contributed by atoms with Gasteiger partial charge < -0.3 is 0 Å². The summed E-state index contributed by atoms with van der Waals surface area (Å²) < 4.78 is 37.3. The van der Waals surface area contributed by atoms with Crippen LogP contribution in [-0.4, -0.2) is 20.0 Å². The smallest absolute Gasteiger partial charge is 0.267 e. The molecule has 1 N–H and O–H groups in total. The quantitative estimate of drug-likeness (QED) is 0.922. The largest absolute Gasteiger partial charge is 0.283 e. The summed E-state index contributed by atoms with van der Waals surface area (Å²) in [5.74, 6) is -1.18. The zero-order chi connectivity index (χ0) is 15.6. The van der Waals surface area contributed by atoms with Crippen molar-refractivity contribution in [2.75, 3.05) is 0 Å². The maximum atomic E-state index is 12.9. The Bertz CT molecular complexity index is 749. The van der Waals surface area contributed by atoms with Crippen LogP contribution in [0.5, 0.6) is 0 Å². The Morgan fingerprint density at radius 3 is 2.57 bits per heavy atom. The molecule has 0 aromatic heterocycles. The fourth-order valence-electron chi connectivity index (χ4n) is 1.90. The van der Waals surface area contributed by atoms with Crippen molar-refractivity contribution in [3.8, 4) is 0 Å². The zero-order valence-electron chi connectivity index (χ0n) is 11.2. The standard InChI is InChI=1S/C14H13FN2O3S/c1-3-21(19,20)17-14(18)12-8-9(2)13(16-12)10-4-6-11(15)7-5-10/h3-8,13H,1H2,2H3,(H,17,18). The van der Waals surface area contributed by atoms with Crippen molar-refractivity contribution in [2.24, 2.45) is 4.99 Å². The number of rotatable bonds is 4. The van der Waals surface area contributed by atoms with Gasteiger partial charge in [-0.15, -0.1) is 0 Å². The van der Waals surface area contributed by atoms with Gasteiger partial charge in [-0.2, -0.15) is 0 Å². The van der Waals surface area contributed by atoms with Crippen molar-refractivity contribution in [1.82, 2.24) is 4.72 Å². The summed E-state index contributed by atoms with van der Waals surface area (Å²) in [6, 6.07) is 5.33. The van der Waals surface area contributed by atoms with Gasteiger partial charge in [0, 0.05) is 5.41 Å². The number of hydrogen-bond donors (Lipinski definition) is 1. The van der Waals surface area contributed by atoms with E-state index in [1.165, 1.54) is 18.2 Å². The van der Waals surface area contributed by atoms with Crippen LogP contribution in [0.1, 0.15) is 18.5 Å². The van der Waals surface area contributed by atoms with Crippen molar-refractivity contribution >= 4 is 21.6 Å². The lowest BCUT2D eigenvalue weighted by Crippen LogP contribution is -2.33. The minimum absolute atomic E-state index is 0.00671. The number of hydrogen-bond acceptors (Lipinski definition) is 4. The number of sulfonamides is 1. The Morgan fingerprint density at radius 1 is 1.38 bits per heavy atom. The summed E-state index contributed by atoms with van der Waals surface area (Å²) in [6.45, 7) is 4.87. The first kappa shape index (κ1) is 15.1. The molecule has 1 aromatic rings. The van der Waals surface area contributed by atoms with E-state index < -0.39 is 22.0 Å². The number of carbonyl (C=O) groups excluding carboxylic acids is 1. The first-order valence-corrected chi connectivity index (χ1v) is 7.58. The second kappa shape index (κ2) is 5.61. The molecule has 0 saturated carbocycles. The van der Waals surface area contributed by atoms with E-state index in [0.717, 1.165) is 11.1 Å². The van der Waals surface area contributed by atoms with E-state index in [4.69, 9.17) is 0 Å². The van der Waals surface area contributed by atoms with Crippen LogP contribution in [0.25, 0.3) is 0 Å². The molecule has 0 bridgehead atoms. The van der Waals surface area contributed by atoms with Crippen molar-refractivity contribution in [1.29, 1.82) is 0 Å². The summed E-state index contributed by atoms with van der Waals surface area (Å²) in [5, 5.41) is 0.647. The van der Waals surface area contributed by atoms with Crippen LogP contribution in [0, 0.1) is 5.82 Å². The minimum Gasteiger partial charge on any atom is -0.267 e. The van der Waals surface area contributed by atoms with Gasteiger partial charge >= 0.3 is 0 Å². The normalized spacial score (nSPS) is 17.9. The summed E-state index contributed by atoms with van der Waals surface area (Å²) in [6.07, 6.45) is 1.50. The first-order chi connectivity index (χ1) is 9.82. The third kappa shape index (κ3) is 3.43. The van der Waals surface area contributed by atoms with E-state index in [9.17, 15) is 17.6 Å². The fraction of sp³-hybridized carbons (Fsp3) is 0.143. The summed E-state index contributed by atoms with van der Waals surface area (Å²) >= 11 is 0. The molecule has 1 amide bonds. The minimum atomic E-state index is -3.86. The van der Waals surface area contributed by atoms with Gasteiger partial charge in [0.1, 0.15) is 11.5 Å². The topological polar surface area (TPSA) is 75.6 Å². The Hall–Kier alpha value is -2.28. The lowest BCUT2D eigenvalue weighted by atomic mass is 10.0. The van der Waals surface area contributed by atoms with Gasteiger partial charge in [-0.05, 0) is 36.3 Å². The van der Waals surface area contributed by atoms with Crippen molar-refractivity contribution < 1.29 is 17.6 Å². The molecule has 1 aromatic carbocycles. The van der Waals surface area contributed by atoms with E-state index in [1.54, 1.807) is 19.1 Å². The molecular formula is C14H13FN2O3S. The zero-order valence-corrected chi connectivity index (χ0v) is 12.0. The molecule has 0 saturated heterocycles. The van der Waals surface area contributed by atoms with Crippen LogP contribution < -0.4 is 4.72 Å². The predicted octanol–water partition coefficient (Wildman–Crippen LogP) is 1.86. The molecule has 0 aliphatic carbocycles. The van der Waals surface area contributed by atoms with Gasteiger partial charge in [0.05, 0.1) is 6.04 Å². The van der Waals surface area contributed by atoms with Crippen LogP contribution in [0.4, 0.5) is 4.39 Å². The van der Waals surface area contributed by atoms with E-state index >= 15 is 0 Å². The highest BCUT2D eigenvalue weighted by Crippen LogP contribution is 2.30. The molecule has 5 nitrogen and oxygen atoms in total. The Labute approximate surface area is 121 Å². The second-order valence-corrected chi connectivity index (χ2v) is 6.13. The molecular weight excluding hydrogens is 295 g/mol. The highest BCUT2D eigenvalue weighted by Gasteiger charge is 2.24. The van der Waals surface area contributed by atoms with Gasteiger partial charge in [-0.25, -0.2) is 17.5 Å². The van der Waals surface area contributed by atoms with Crippen molar-refractivity contribution in [2.45, 2.75) is 13.0 Å². The van der Waals surface area contributed by atoms with Crippen LogP contribution in [0.15, 0.2) is 52.9 Å². The van der Waals surface area contributed by atoms with E-state index in [1.807, 2.05) is 4.72 Å². The average molecular weight is 308 g/mol. The molecule has 110 valence electrons. The maximum Gasteiger partial charge on any atom is 0.283 e. The third-order valence-electron chi connectivity index (χ3n) is 2.94. The molecule has 1 atom stereocenters. The number of aliphatic imine (C=N–C) groups is 1. The average Bonchev–Trinajstić information content (AvgIpc) is 2.81. The molecule has 0 spiro atoms. The van der Waals surface area contributed by atoms with Gasteiger partial charge in [-0.1, -0.05) is 18.7 Å². The van der Waals surface area contributed by atoms with Gasteiger partial charge in [0.15, 0.2) is 0 Å². The SMILES string of the molecule is C=CS(=O)(=O)NC(=O)C1=NC(c2ccc(F)cc2)C(C)=C1.